The van der Waals surface area contributed by atoms with Crippen molar-refractivity contribution in [1.82, 2.24) is 0 Å². The Bertz CT molecular complexity index is 260. The standard InChI is InChI=1S/C16H30O2/c1-4-12-8-7-9-13(10-12)18-15-11-14(17)16(15,5-2)6-3/h12-15,17H,4-11H2,1-3H3. The molecule has 2 aliphatic rings. The predicted molar refractivity (Wildman–Crippen MR) is 74.5 cm³/mol. The van der Waals surface area contributed by atoms with Crippen LogP contribution in [0.4, 0.5) is 0 Å². The molecule has 2 rings (SSSR count). The zero-order valence-electron chi connectivity index (χ0n) is 12.3. The van der Waals surface area contributed by atoms with Crippen LogP contribution in [0.5, 0.6) is 0 Å². The number of ether oxygens (including phenoxy) is 1. The Morgan fingerprint density at radius 2 is 1.83 bits per heavy atom. The van der Waals surface area contributed by atoms with Crippen LogP contribution in [0.15, 0.2) is 0 Å². The Morgan fingerprint density at radius 1 is 1.11 bits per heavy atom. The van der Waals surface area contributed by atoms with E-state index in [9.17, 15) is 5.11 Å². The minimum absolute atomic E-state index is 0.0547. The fourth-order valence-corrected chi connectivity index (χ4v) is 4.06. The van der Waals surface area contributed by atoms with Crippen LogP contribution in [0.25, 0.3) is 0 Å². The van der Waals surface area contributed by atoms with Gasteiger partial charge in [0.05, 0.1) is 18.3 Å². The van der Waals surface area contributed by atoms with Gasteiger partial charge in [-0.2, -0.15) is 0 Å². The maximum atomic E-state index is 10.1. The quantitative estimate of drug-likeness (QED) is 0.806. The summed E-state index contributed by atoms with van der Waals surface area (Å²) in [6, 6.07) is 0. The number of rotatable bonds is 5. The number of hydrogen-bond acceptors (Lipinski definition) is 2. The van der Waals surface area contributed by atoms with Gasteiger partial charge in [-0.25, -0.2) is 0 Å². The van der Waals surface area contributed by atoms with E-state index in [0.717, 1.165) is 25.2 Å². The number of aliphatic hydroxyl groups is 1. The predicted octanol–water partition coefficient (Wildman–Crippen LogP) is 3.91. The highest BCUT2D eigenvalue weighted by Crippen LogP contribution is 2.50. The fourth-order valence-electron chi connectivity index (χ4n) is 4.06. The van der Waals surface area contributed by atoms with Gasteiger partial charge in [0.1, 0.15) is 0 Å². The van der Waals surface area contributed by atoms with Crippen molar-refractivity contribution in [3.63, 3.8) is 0 Å². The van der Waals surface area contributed by atoms with Crippen molar-refractivity contribution >= 4 is 0 Å². The van der Waals surface area contributed by atoms with E-state index in [1.165, 1.54) is 32.1 Å². The molecule has 18 heavy (non-hydrogen) atoms. The highest BCUT2D eigenvalue weighted by atomic mass is 16.5. The van der Waals surface area contributed by atoms with E-state index >= 15 is 0 Å². The van der Waals surface area contributed by atoms with Gasteiger partial charge in [0.25, 0.3) is 0 Å². The summed E-state index contributed by atoms with van der Waals surface area (Å²) in [6.45, 7) is 6.68. The lowest BCUT2D eigenvalue weighted by Crippen LogP contribution is -2.58. The van der Waals surface area contributed by atoms with Gasteiger partial charge in [0, 0.05) is 11.8 Å². The highest BCUT2D eigenvalue weighted by molar-refractivity contribution is 5.03. The lowest BCUT2D eigenvalue weighted by Gasteiger charge is -2.54. The maximum Gasteiger partial charge on any atom is 0.0684 e. The molecule has 2 nitrogen and oxygen atoms in total. The zero-order chi connectivity index (χ0) is 13.2. The summed E-state index contributed by atoms with van der Waals surface area (Å²) in [5.74, 6) is 0.867. The molecule has 2 heteroatoms. The second-order valence-corrected chi connectivity index (χ2v) is 6.38. The Kier molecular flexibility index (Phi) is 4.71. The summed E-state index contributed by atoms with van der Waals surface area (Å²) in [6.07, 6.45) is 10.0. The Hall–Kier alpha value is -0.0800. The van der Waals surface area contributed by atoms with Gasteiger partial charge in [-0.1, -0.05) is 40.0 Å². The van der Waals surface area contributed by atoms with Crippen LogP contribution in [-0.4, -0.2) is 23.4 Å². The van der Waals surface area contributed by atoms with E-state index in [1.807, 2.05) is 0 Å². The van der Waals surface area contributed by atoms with E-state index in [-0.39, 0.29) is 11.5 Å². The topological polar surface area (TPSA) is 29.5 Å². The third-order valence-electron chi connectivity index (χ3n) is 5.73. The average Bonchev–Trinajstić information content (AvgIpc) is 2.40. The molecule has 4 unspecified atom stereocenters. The van der Waals surface area contributed by atoms with Crippen LogP contribution < -0.4 is 0 Å². The van der Waals surface area contributed by atoms with Gasteiger partial charge in [-0.15, -0.1) is 0 Å². The zero-order valence-corrected chi connectivity index (χ0v) is 12.3. The first-order valence-corrected chi connectivity index (χ1v) is 7.99. The normalized spacial score (nSPS) is 39.3. The second kappa shape index (κ2) is 5.92. The second-order valence-electron chi connectivity index (χ2n) is 6.38. The lowest BCUT2D eigenvalue weighted by atomic mass is 9.60. The molecule has 4 atom stereocenters. The lowest BCUT2D eigenvalue weighted by molar-refractivity contribution is -0.218. The maximum absolute atomic E-state index is 10.1. The SMILES string of the molecule is CCC1CCCC(OC2CC(O)C2(CC)CC)C1. The van der Waals surface area contributed by atoms with Gasteiger partial charge in [0.15, 0.2) is 0 Å². The van der Waals surface area contributed by atoms with Crippen molar-refractivity contribution in [3.8, 4) is 0 Å². The van der Waals surface area contributed by atoms with Crippen molar-refractivity contribution in [2.75, 3.05) is 0 Å². The first-order valence-electron chi connectivity index (χ1n) is 7.99. The van der Waals surface area contributed by atoms with Crippen molar-refractivity contribution in [1.29, 1.82) is 0 Å². The Labute approximate surface area is 112 Å². The summed E-state index contributed by atoms with van der Waals surface area (Å²) >= 11 is 0. The highest BCUT2D eigenvalue weighted by Gasteiger charge is 2.53. The molecule has 0 aliphatic heterocycles. The molecular weight excluding hydrogens is 224 g/mol. The fraction of sp³-hybridized carbons (Fsp3) is 1.00. The van der Waals surface area contributed by atoms with Crippen LogP contribution in [0.3, 0.4) is 0 Å². The monoisotopic (exact) mass is 254 g/mol. The van der Waals surface area contributed by atoms with Gasteiger partial charge in [0.2, 0.25) is 0 Å². The number of hydrogen-bond donors (Lipinski definition) is 1. The summed E-state index contributed by atoms with van der Waals surface area (Å²) in [5.41, 5.74) is 0.0547. The van der Waals surface area contributed by atoms with E-state index < -0.39 is 0 Å². The van der Waals surface area contributed by atoms with Gasteiger partial charge < -0.3 is 9.84 Å². The molecule has 0 amide bonds. The van der Waals surface area contributed by atoms with Crippen LogP contribution in [0, 0.1) is 11.3 Å². The van der Waals surface area contributed by atoms with E-state index in [4.69, 9.17) is 4.74 Å². The molecule has 2 aliphatic carbocycles. The smallest absolute Gasteiger partial charge is 0.0684 e. The summed E-state index contributed by atoms with van der Waals surface area (Å²) in [7, 11) is 0. The molecule has 1 N–H and O–H groups in total. The third kappa shape index (κ3) is 2.46. The van der Waals surface area contributed by atoms with Crippen LogP contribution >= 0.6 is 0 Å². The first kappa shape index (κ1) is 14.3. The molecule has 0 aromatic heterocycles. The minimum Gasteiger partial charge on any atom is -0.392 e. The van der Waals surface area contributed by atoms with Gasteiger partial charge in [-0.3, -0.25) is 0 Å². The molecular formula is C16H30O2. The van der Waals surface area contributed by atoms with Crippen LogP contribution in [0.2, 0.25) is 0 Å². The number of aliphatic hydroxyl groups excluding tert-OH is 1. The average molecular weight is 254 g/mol. The van der Waals surface area contributed by atoms with E-state index in [0.29, 0.717) is 12.2 Å². The van der Waals surface area contributed by atoms with Crippen LogP contribution in [0.1, 0.15) is 72.1 Å². The molecule has 0 saturated heterocycles. The molecule has 0 aromatic carbocycles. The van der Waals surface area contributed by atoms with Crippen LogP contribution in [-0.2, 0) is 4.74 Å². The molecule has 2 fully saturated rings. The molecule has 0 aromatic rings. The largest absolute Gasteiger partial charge is 0.392 e. The molecule has 106 valence electrons. The molecule has 0 bridgehead atoms. The van der Waals surface area contributed by atoms with Gasteiger partial charge in [-0.05, 0) is 31.6 Å². The van der Waals surface area contributed by atoms with Crippen molar-refractivity contribution in [2.45, 2.75) is 90.4 Å². The summed E-state index contributed by atoms with van der Waals surface area (Å²) in [4.78, 5) is 0. The third-order valence-corrected chi connectivity index (χ3v) is 5.73. The summed E-state index contributed by atoms with van der Waals surface area (Å²) in [5, 5.41) is 10.1. The minimum atomic E-state index is -0.136. The van der Waals surface area contributed by atoms with Crippen molar-refractivity contribution < 1.29 is 9.84 Å². The van der Waals surface area contributed by atoms with Gasteiger partial charge >= 0.3 is 0 Å². The Morgan fingerprint density at radius 3 is 2.39 bits per heavy atom. The molecule has 0 heterocycles. The summed E-state index contributed by atoms with van der Waals surface area (Å²) < 4.78 is 6.37. The molecule has 0 spiro atoms. The molecule has 2 saturated carbocycles. The van der Waals surface area contributed by atoms with Crippen molar-refractivity contribution in [2.24, 2.45) is 11.3 Å². The molecule has 0 radical (unpaired) electrons. The first-order chi connectivity index (χ1) is 8.66. The Balaban J connectivity index is 1.89. The van der Waals surface area contributed by atoms with E-state index in [2.05, 4.69) is 20.8 Å². The van der Waals surface area contributed by atoms with Crippen molar-refractivity contribution in [3.05, 3.63) is 0 Å². The van der Waals surface area contributed by atoms with E-state index in [1.54, 1.807) is 0 Å².